The molecule has 0 unspecified atom stereocenters. The average Bonchev–Trinajstić information content (AvgIpc) is 3.33. The van der Waals surface area contributed by atoms with E-state index in [1.54, 1.807) is 0 Å². The fourth-order valence-corrected chi connectivity index (χ4v) is 4.96. The molecule has 0 fully saturated rings. The van der Waals surface area contributed by atoms with Gasteiger partial charge in [0.05, 0.1) is 18.3 Å². The van der Waals surface area contributed by atoms with Gasteiger partial charge in [-0.2, -0.15) is 0 Å². The third-order valence-corrected chi connectivity index (χ3v) is 6.74. The fraction of sp³-hybridized carbons (Fsp3) is 0.207. The van der Waals surface area contributed by atoms with Gasteiger partial charge in [-0.15, -0.1) is 0 Å². The lowest BCUT2D eigenvalue weighted by atomic mass is 10.0. The number of carbonyl (C=O) groups is 1. The highest BCUT2D eigenvalue weighted by atomic mass is 16.6. The predicted molar refractivity (Wildman–Crippen MR) is 140 cm³/mol. The summed E-state index contributed by atoms with van der Waals surface area (Å²) in [6, 6.07) is 25.8. The monoisotopic (exact) mass is 480 g/mol. The Balaban J connectivity index is 1.41. The number of amides is 2. The molecular formula is C29H28N4O3. The zero-order chi connectivity index (χ0) is 24.6. The van der Waals surface area contributed by atoms with Crippen molar-refractivity contribution in [3.63, 3.8) is 0 Å². The highest BCUT2D eigenvalue weighted by molar-refractivity contribution is 5.90. The first-order valence-corrected chi connectivity index (χ1v) is 12.1. The molecule has 0 spiro atoms. The van der Waals surface area contributed by atoms with Crippen molar-refractivity contribution in [3.05, 3.63) is 102 Å². The third kappa shape index (κ3) is 3.92. The maximum absolute atomic E-state index is 13.9. The first-order valence-electron chi connectivity index (χ1n) is 12.1. The van der Waals surface area contributed by atoms with Gasteiger partial charge in [0.25, 0.3) is 0 Å². The van der Waals surface area contributed by atoms with Gasteiger partial charge in [0.15, 0.2) is 11.5 Å². The SMILES string of the molecule is CN(C)c1ccc([C@@H]2c3cccn3-c3ccccc3CN2C(=O)Nc2ccc3c(c2)OCCO3)cc1. The molecule has 1 aromatic heterocycles. The maximum Gasteiger partial charge on any atom is 0.322 e. The molecule has 36 heavy (non-hydrogen) atoms. The molecule has 3 heterocycles. The van der Waals surface area contributed by atoms with Crippen LogP contribution in [0.5, 0.6) is 11.5 Å². The van der Waals surface area contributed by atoms with Crippen LogP contribution in [0.2, 0.25) is 0 Å². The number of nitrogens with zero attached hydrogens (tertiary/aromatic N) is 3. The Morgan fingerprint density at radius 3 is 2.50 bits per heavy atom. The molecule has 0 bridgehead atoms. The molecule has 2 aliphatic heterocycles. The van der Waals surface area contributed by atoms with Gasteiger partial charge in [0.1, 0.15) is 13.2 Å². The molecular weight excluding hydrogens is 452 g/mol. The van der Waals surface area contributed by atoms with Gasteiger partial charge in [-0.05, 0) is 53.6 Å². The van der Waals surface area contributed by atoms with Crippen LogP contribution in [-0.4, -0.2) is 42.8 Å². The van der Waals surface area contributed by atoms with Crippen molar-refractivity contribution in [3.8, 4) is 17.2 Å². The summed E-state index contributed by atoms with van der Waals surface area (Å²) < 4.78 is 13.5. The van der Waals surface area contributed by atoms with Gasteiger partial charge in [-0.25, -0.2) is 4.79 Å². The molecule has 182 valence electrons. The van der Waals surface area contributed by atoms with E-state index in [9.17, 15) is 4.79 Å². The summed E-state index contributed by atoms with van der Waals surface area (Å²) in [7, 11) is 4.05. The number of anilines is 2. The number of carbonyl (C=O) groups excluding carboxylic acids is 1. The summed E-state index contributed by atoms with van der Waals surface area (Å²) in [5, 5.41) is 3.11. The van der Waals surface area contributed by atoms with E-state index in [4.69, 9.17) is 9.47 Å². The zero-order valence-electron chi connectivity index (χ0n) is 20.3. The molecule has 0 saturated carbocycles. The van der Waals surface area contributed by atoms with Crippen LogP contribution in [0, 0.1) is 0 Å². The molecule has 1 atom stereocenters. The van der Waals surface area contributed by atoms with Gasteiger partial charge in [0, 0.05) is 43.4 Å². The summed E-state index contributed by atoms with van der Waals surface area (Å²) in [4.78, 5) is 17.9. The number of benzene rings is 3. The maximum atomic E-state index is 13.9. The number of hydrogen-bond donors (Lipinski definition) is 1. The Morgan fingerprint density at radius 1 is 0.917 bits per heavy atom. The highest BCUT2D eigenvalue weighted by Gasteiger charge is 2.33. The van der Waals surface area contributed by atoms with Crippen LogP contribution in [0.25, 0.3) is 5.69 Å². The molecule has 0 radical (unpaired) electrons. The molecule has 3 aromatic carbocycles. The van der Waals surface area contributed by atoms with E-state index in [-0.39, 0.29) is 12.1 Å². The minimum atomic E-state index is -0.277. The van der Waals surface area contributed by atoms with Gasteiger partial charge < -0.3 is 29.2 Å². The lowest BCUT2D eigenvalue weighted by molar-refractivity contribution is 0.171. The molecule has 7 heteroatoms. The summed E-state index contributed by atoms with van der Waals surface area (Å²) in [6.07, 6.45) is 2.07. The minimum Gasteiger partial charge on any atom is -0.486 e. The van der Waals surface area contributed by atoms with Gasteiger partial charge >= 0.3 is 6.03 Å². The largest absolute Gasteiger partial charge is 0.486 e. The number of hydrogen-bond acceptors (Lipinski definition) is 4. The van der Waals surface area contributed by atoms with Crippen LogP contribution in [0.15, 0.2) is 85.1 Å². The van der Waals surface area contributed by atoms with E-state index in [1.807, 2.05) is 55.4 Å². The number of ether oxygens (including phenoxy) is 2. The van der Waals surface area contributed by atoms with E-state index in [2.05, 4.69) is 63.4 Å². The van der Waals surface area contributed by atoms with Crippen molar-refractivity contribution in [2.75, 3.05) is 37.5 Å². The Bertz CT molecular complexity index is 1410. The van der Waals surface area contributed by atoms with E-state index in [1.165, 1.54) is 0 Å². The van der Waals surface area contributed by atoms with Gasteiger partial charge in [-0.1, -0.05) is 30.3 Å². The standard InChI is InChI=1S/C29H28N4O3/c1-31(2)23-12-9-20(10-13-23)28-25-8-5-15-32(25)24-7-4-3-6-21(24)19-33(28)29(34)30-22-11-14-26-27(18-22)36-17-16-35-26/h3-15,18,28H,16-17,19H2,1-2H3,(H,30,34)/t28-/m1/s1. The lowest BCUT2D eigenvalue weighted by Gasteiger charge is -2.31. The average molecular weight is 481 g/mol. The minimum absolute atomic E-state index is 0.183. The van der Waals surface area contributed by atoms with Crippen molar-refractivity contribution >= 4 is 17.4 Å². The molecule has 4 aromatic rings. The van der Waals surface area contributed by atoms with Crippen molar-refractivity contribution in [1.29, 1.82) is 0 Å². The summed E-state index contributed by atoms with van der Waals surface area (Å²) in [5.74, 6) is 1.34. The van der Waals surface area contributed by atoms with Crippen molar-refractivity contribution in [2.24, 2.45) is 0 Å². The molecule has 1 N–H and O–H groups in total. The molecule has 6 rings (SSSR count). The molecule has 0 aliphatic carbocycles. The second-order valence-electron chi connectivity index (χ2n) is 9.24. The van der Waals surface area contributed by atoms with Crippen LogP contribution in [0.1, 0.15) is 22.9 Å². The van der Waals surface area contributed by atoms with E-state index in [0.29, 0.717) is 36.9 Å². The number of urea groups is 1. The Morgan fingerprint density at radius 2 is 1.69 bits per heavy atom. The molecule has 7 nitrogen and oxygen atoms in total. The number of fused-ring (bicyclic) bond motifs is 4. The molecule has 2 aliphatic rings. The van der Waals surface area contributed by atoms with E-state index >= 15 is 0 Å². The number of para-hydroxylation sites is 1. The van der Waals surface area contributed by atoms with Crippen LogP contribution in [0.4, 0.5) is 16.2 Å². The Kier molecular flexibility index (Phi) is 5.52. The Hall–Kier alpha value is -4.39. The summed E-state index contributed by atoms with van der Waals surface area (Å²) in [5.41, 5.74) is 6.03. The fourth-order valence-electron chi connectivity index (χ4n) is 4.96. The van der Waals surface area contributed by atoms with Crippen molar-refractivity contribution in [2.45, 2.75) is 12.6 Å². The highest BCUT2D eigenvalue weighted by Crippen LogP contribution is 2.38. The van der Waals surface area contributed by atoms with Crippen LogP contribution in [-0.2, 0) is 6.54 Å². The van der Waals surface area contributed by atoms with Gasteiger partial charge in [0.2, 0.25) is 0 Å². The molecule has 0 saturated heterocycles. The number of nitrogens with one attached hydrogen (secondary N) is 1. The number of aromatic nitrogens is 1. The second kappa shape index (κ2) is 9.00. The second-order valence-corrected chi connectivity index (χ2v) is 9.24. The van der Waals surface area contributed by atoms with Crippen LogP contribution in [0.3, 0.4) is 0 Å². The smallest absolute Gasteiger partial charge is 0.322 e. The quantitative estimate of drug-likeness (QED) is 0.424. The normalized spacial score (nSPS) is 15.9. The lowest BCUT2D eigenvalue weighted by Crippen LogP contribution is -2.38. The summed E-state index contributed by atoms with van der Waals surface area (Å²) >= 11 is 0. The summed E-state index contributed by atoms with van der Waals surface area (Å²) in [6.45, 7) is 1.49. The van der Waals surface area contributed by atoms with E-state index < -0.39 is 0 Å². The zero-order valence-corrected chi connectivity index (χ0v) is 20.3. The predicted octanol–water partition coefficient (Wildman–Crippen LogP) is 5.45. The number of rotatable bonds is 3. The first kappa shape index (κ1) is 22.1. The topological polar surface area (TPSA) is 59.0 Å². The van der Waals surface area contributed by atoms with Crippen molar-refractivity contribution < 1.29 is 14.3 Å². The van der Waals surface area contributed by atoms with Crippen molar-refractivity contribution in [1.82, 2.24) is 9.47 Å². The van der Waals surface area contributed by atoms with Crippen LogP contribution < -0.4 is 19.7 Å². The van der Waals surface area contributed by atoms with Crippen LogP contribution >= 0.6 is 0 Å². The van der Waals surface area contributed by atoms with E-state index in [0.717, 1.165) is 28.2 Å². The third-order valence-electron chi connectivity index (χ3n) is 6.74. The Labute approximate surface area is 210 Å². The molecule has 2 amide bonds. The van der Waals surface area contributed by atoms with Gasteiger partial charge in [-0.3, -0.25) is 0 Å². The first-order chi connectivity index (χ1) is 17.6.